The van der Waals surface area contributed by atoms with Gasteiger partial charge in [0.05, 0.1) is 0 Å². The van der Waals surface area contributed by atoms with Crippen LogP contribution in [0.3, 0.4) is 0 Å². The molecule has 0 spiro atoms. The molecule has 0 bridgehead atoms. The molecule has 0 radical (unpaired) electrons. The molecule has 1 nitrogen and oxygen atoms in total. The summed E-state index contributed by atoms with van der Waals surface area (Å²) in [6, 6.07) is 9.26. The second kappa shape index (κ2) is 5.70. The van der Waals surface area contributed by atoms with Crippen molar-refractivity contribution in [3.8, 4) is 0 Å². The second-order valence-corrected chi connectivity index (χ2v) is 5.41. The summed E-state index contributed by atoms with van der Waals surface area (Å²) in [6.07, 6.45) is 0. The summed E-state index contributed by atoms with van der Waals surface area (Å²) in [6.45, 7) is 3.86. The molecule has 0 saturated carbocycles. The zero-order valence-corrected chi connectivity index (χ0v) is 12.3. The third-order valence-corrected chi connectivity index (χ3v) is 3.54. The first-order chi connectivity index (χ1) is 8.95. The average Bonchev–Trinajstić information content (AvgIpc) is 2.31. The Morgan fingerprint density at radius 2 is 1.68 bits per heavy atom. The van der Waals surface area contributed by atoms with Crippen LogP contribution in [-0.4, -0.2) is 0 Å². The Morgan fingerprint density at radius 3 is 2.26 bits per heavy atom. The Balaban J connectivity index is 2.22. The van der Waals surface area contributed by atoms with E-state index in [2.05, 4.69) is 21.2 Å². The number of rotatable bonds is 3. The van der Waals surface area contributed by atoms with Crippen LogP contribution in [0.1, 0.15) is 24.1 Å². The number of halogens is 3. The molecule has 1 unspecified atom stereocenters. The lowest BCUT2D eigenvalue weighted by Gasteiger charge is -2.17. The van der Waals surface area contributed by atoms with Crippen LogP contribution in [0.15, 0.2) is 40.9 Å². The summed E-state index contributed by atoms with van der Waals surface area (Å²) >= 11 is 3.47. The molecule has 0 aliphatic rings. The lowest BCUT2D eigenvalue weighted by molar-refractivity contribution is 0.577. The van der Waals surface area contributed by atoms with E-state index in [4.69, 9.17) is 0 Å². The highest BCUT2D eigenvalue weighted by atomic mass is 79.9. The number of benzene rings is 2. The molecule has 0 aliphatic carbocycles. The summed E-state index contributed by atoms with van der Waals surface area (Å²) in [7, 11) is 0. The van der Waals surface area contributed by atoms with Crippen LogP contribution in [-0.2, 0) is 0 Å². The van der Waals surface area contributed by atoms with Crippen molar-refractivity contribution in [1.29, 1.82) is 0 Å². The highest BCUT2D eigenvalue weighted by molar-refractivity contribution is 9.10. The number of aryl methyl sites for hydroxylation is 1. The maximum Gasteiger partial charge on any atom is 0.126 e. The first-order valence-corrected chi connectivity index (χ1v) is 6.73. The van der Waals surface area contributed by atoms with E-state index in [9.17, 15) is 8.78 Å². The molecule has 2 rings (SSSR count). The van der Waals surface area contributed by atoms with Crippen LogP contribution in [0, 0.1) is 18.6 Å². The maximum absolute atomic E-state index is 13.2. The van der Waals surface area contributed by atoms with E-state index in [-0.39, 0.29) is 6.04 Å². The summed E-state index contributed by atoms with van der Waals surface area (Å²) in [4.78, 5) is 0. The van der Waals surface area contributed by atoms with Crippen molar-refractivity contribution in [3.63, 3.8) is 0 Å². The highest BCUT2D eigenvalue weighted by Gasteiger charge is 2.10. The number of nitrogens with one attached hydrogen (secondary N) is 1. The summed E-state index contributed by atoms with van der Waals surface area (Å²) < 4.78 is 27.3. The van der Waals surface area contributed by atoms with Crippen LogP contribution in [0.25, 0.3) is 0 Å². The molecule has 0 aromatic heterocycles. The molecule has 100 valence electrons. The van der Waals surface area contributed by atoms with E-state index in [0.717, 1.165) is 21.8 Å². The minimum absolute atomic E-state index is 0.191. The minimum atomic E-state index is -0.563. The van der Waals surface area contributed by atoms with Gasteiger partial charge in [0.1, 0.15) is 11.6 Å². The van der Waals surface area contributed by atoms with Gasteiger partial charge in [-0.3, -0.25) is 0 Å². The highest BCUT2D eigenvalue weighted by Crippen LogP contribution is 2.28. The molecule has 19 heavy (non-hydrogen) atoms. The molecule has 2 aromatic rings. The molecule has 2 aromatic carbocycles. The molecule has 0 fully saturated rings. The quantitative estimate of drug-likeness (QED) is 0.816. The van der Waals surface area contributed by atoms with Crippen LogP contribution < -0.4 is 5.32 Å². The van der Waals surface area contributed by atoms with Crippen molar-refractivity contribution in [1.82, 2.24) is 0 Å². The second-order valence-electron chi connectivity index (χ2n) is 4.55. The Labute approximate surface area is 119 Å². The van der Waals surface area contributed by atoms with Gasteiger partial charge >= 0.3 is 0 Å². The predicted molar refractivity (Wildman–Crippen MR) is 77.3 cm³/mol. The summed E-state index contributed by atoms with van der Waals surface area (Å²) in [5.74, 6) is -1.13. The van der Waals surface area contributed by atoms with Crippen molar-refractivity contribution in [2.24, 2.45) is 0 Å². The van der Waals surface area contributed by atoms with Gasteiger partial charge in [-0.05, 0) is 65.2 Å². The summed E-state index contributed by atoms with van der Waals surface area (Å²) in [5, 5.41) is 3.23. The topological polar surface area (TPSA) is 12.0 Å². The predicted octanol–water partition coefficient (Wildman–Crippen LogP) is 5.21. The molecule has 0 saturated heterocycles. The van der Waals surface area contributed by atoms with Crippen molar-refractivity contribution in [2.75, 3.05) is 5.32 Å². The lowest BCUT2D eigenvalue weighted by Crippen LogP contribution is -2.08. The molecule has 1 N–H and O–H groups in total. The maximum atomic E-state index is 13.2. The van der Waals surface area contributed by atoms with E-state index >= 15 is 0 Å². The van der Waals surface area contributed by atoms with Crippen LogP contribution in [0.5, 0.6) is 0 Å². The van der Waals surface area contributed by atoms with Crippen LogP contribution in [0.2, 0.25) is 0 Å². The van der Waals surface area contributed by atoms with E-state index in [1.165, 1.54) is 12.1 Å². The van der Waals surface area contributed by atoms with Gasteiger partial charge in [0, 0.05) is 22.3 Å². The van der Waals surface area contributed by atoms with Gasteiger partial charge in [-0.25, -0.2) is 8.78 Å². The number of anilines is 1. The standard InChI is InChI=1S/C15H14BrF2N/c1-9-3-4-15(14(16)5-9)19-10(2)11-6-12(17)8-13(18)7-11/h3-8,10,19H,1-2H3. The molecular formula is C15H14BrF2N. The Bertz CT molecular complexity index is 578. The van der Waals surface area contributed by atoms with Crippen LogP contribution in [0.4, 0.5) is 14.5 Å². The van der Waals surface area contributed by atoms with Crippen molar-refractivity contribution in [2.45, 2.75) is 19.9 Å². The largest absolute Gasteiger partial charge is 0.378 e. The molecular weight excluding hydrogens is 312 g/mol. The third-order valence-electron chi connectivity index (χ3n) is 2.88. The average molecular weight is 326 g/mol. The summed E-state index contributed by atoms with van der Waals surface area (Å²) in [5.41, 5.74) is 2.61. The van der Waals surface area contributed by atoms with Gasteiger partial charge in [0.2, 0.25) is 0 Å². The smallest absolute Gasteiger partial charge is 0.126 e. The zero-order valence-electron chi connectivity index (χ0n) is 10.7. The fourth-order valence-corrected chi connectivity index (χ4v) is 2.49. The fourth-order valence-electron chi connectivity index (χ4n) is 1.88. The number of hydrogen-bond donors (Lipinski definition) is 1. The van der Waals surface area contributed by atoms with Crippen molar-refractivity contribution < 1.29 is 8.78 Å². The van der Waals surface area contributed by atoms with E-state index < -0.39 is 11.6 Å². The first kappa shape index (κ1) is 14.0. The van der Waals surface area contributed by atoms with Gasteiger partial charge in [-0.1, -0.05) is 6.07 Å². The van der Waals surface area contributed by atoms with Crippen molar-refractivity contribution in [3.05, 3.63) is 63.6 Å². The minimum Gasteiger partial charge on any atom is -0.378 e. The first-order valence-electron chi connectivity index (χ1n) is 5.94. The van der Waals surface area contributed by atoms with Crippen molar-refractivity contribution >= 4 is 21.6 Å². The van der Waals surface area contributed by atoms with Gasteiger partial charge in [0.25, 0.3) is 0 Å². The van der Waals surface area contributed by atoms with Gasteiger partial charge in [0.15, 0.2) is 0 Å². The lowest BCUT2D eigenvalue weighted by atomic mass is 10.1. The fraction of sp³-hybridized carbons (Fsp3) is 0.200. The normalized spacial score (nSPS) is 12.3. The van der Waals surface area contributed by atoms with Crippen LogP contribution >= 0.6 is 15.9 Å². The molecule has 0 heterocycles. The van der Waals surface area contributed by atoms with Gasteiger partial charge < -0.3 is 5.32 Å². The van der Waals surface area contributed by atoms with E-state index in [0.29, 0.717) is 5.56 Å². The monoisotopic (exact) mass is 325 g/mol. The van der Waals surface area contributed by atoms with E-state index in [1.807, 2.05) is 32.0 Å². The van der Waals surface area contributed by atoms with Gasteiger partial charge in [-0.15, -0.1) is 0 Å². The third kappa shape index (κ3) is 3.53. The molecule has 0 amide bonds. The molecule has 4 heteroatoms. The Morgan fingerprint density at radius 1 is 1.05 bits per heavy atom. The SMILES string of the molecule is Cc1ccc(NC(C)c2cc(F)cc(F)c2)c(Br)c1. The number of hydrogen-bond acceptors (Lipinski definition) is 1. The molecule has 0 aliphatic heterocycles. The Hall–Kier alpha value is -1.42. The Kier molecular flexibility index (Phi) is 4.20. The van der Waals surface area contributed by atoms with E-state index in [1.54, 1.807) is 0 Å². The zero-order chi connectivity index (χ0) is 14.0. The van der Waals surface area contributed by atoms with Gasteiger partial charge in [-0.2, -0.15) is 0 Å². The molecule has 1 atom stereocenters.